The number of hydrogen-bond donors (Lipinski definition) is 3. The van der Waals surface area contributed by atoms with Gasteiger partial charge in [-0.1, -0.05) is 115 Å². The number of carbonyl (C=O) groups is 3. The molecule has 0 saturated carbocycles. The molecule has 0 aliphatic carbocycles. The topological polar surface area (TPSA) is 125 Å². The fourth-order valence-electron chi connectivity index (χ4n) is 5.76. The van der Waals surface area contributed by atoms with E-state index < -0.39 is 44.9 Å². The Hall–Kier alpha value is -4.02. The lowest BCUT2D eigenvalue weighted by Crippen LogP contribution is -2.61. The minimum atomic E-state index is -4.15. The van der Waals surface area contributed by atoms with Gasteiger partial charge in [0, 0.05) is 18.0 Å². The number of carbonyl (C=O) groups excluding carboxylic acids is 3. The average Bonchev–Trinajstić information content (AvgIpc) is 3.01. The van der Waals surface area contributed by atoms with Crippen molar-refractivity contribution in [3.8, 4) is 0 Å². The number of hydrogen-bond acceptors (Lipinski definition) is 6. The Bertz CT molecular complexity index is 1730. The highest BCUT2D eigenvalue weighted by Crippen LogP contribution is 2.29. The van der Waals surface area contributed by atoms with Crippen molar-refractivity contribution in [2.24, 2.45) is 11.3 Å². The molecule has 0 spiro atoms. The first kappa shape index (κ1) is 37.4. The first-order chi connectivity index (χ1) is 21.8. The van der Waals surface area contributed by atoms with E-state index in [0.717, 1.165) is 16.3 Å². The summed E-state index contributed by atoms with van der Waals surface area (Å²) in [5.41, 5.74) is -0.115. The van der Waals surface area contributed by atoms with E-state index in [1.165, 1.54) is 24.0 Å². The van der Waals surface area contributed by atoms with Gasteiger partial charge in [0.25, 0.3) is 15.9 Å². The van der Waals surface area contributed by atoms with Gasteiger partial charge in [-0.05, 0) is 53.8 Å². The summed E-state index contributed by atoms with van der Waals surface area (Å²) in [5, 5.41) is 7.79. The molecule has 10 heteroatoms. The number of rotatable bonds is 12. The number of amides is 3. The molecule has 3 atom stereocenters. The quantitative estimate of drug-likeness (QED) is 0.230. The maximum Gasteiger partial charge on any atom is 0.264 e. The monoisotopic (exact) mass is 662 g/mol. The van der Waals surface area contributed by atoms with Crippen molar-refractivity contribution in [3.05, 3.63) is 90.0 Å². The van der Waals surface area contributed by atoms with Crippen LogP contribution < -0.4 is 15.4 Å². The Morgan fingerprint density at radius 1 is 0.830 bits per heavy atom. The summed E-state index contributed by atoms with van der Waals surface area (Å²) in [5.74, 6) is -1.56. The highest BCUT2D eigenvalue weighted by molar-refractivity contribution is 7.90. The molecule has 0 aromatic heterocycles. The third-order valence-corrected chi connectivity index (χ3v) is 10.0. The van der Waals surface area contributed by atoms with Crippen LogP contribution in [-0.4, -0.2) is 63.3 Å². The summed E-state index contributed by atoms with van der Waals surface area (Å²) in [7, 11) is -0.794. The zero-order chi connectivity index (χ0) is 35.3. The molecule has 0 fully saturated rings. The van der Waals surface area contributed by atoms with Gasteiger partial charge in [0.15, 0.2) is 0 Å². The Kier molecular flexibility index (Phi) is 11.8. The maximum atomic E-state index is 14.1. The van der Waals surface area contributed by atoms with Crippen LogP contribution in [0.15, 0.2) is 89.3 Å². The minimum Gasteiger partial charge on any atom is -0.342 e. The maximum absolute atomic E-state index is 14.1. The second kappa shape index (κ2) is 14.8. The van der Waals surface area contributed by atoms with Gasteiger partial charge < -0.3 is 15.5 Å². The van der Waals surface area contributed by atoms with E-state index in [-0.39, 0.29) is 28.2 Å². The first-order valence-corrected chi connectivity index (χ1v) is 17.3. The van der Waals surface area contributed by atoms with Gasteiger partial charge in [-0.3, -0.25) is 14.4 Å². The molecule has 3 aromatic rings. The van der Waals surface area contributed by atoms with Crippen LogP contribution in [0.2, 0.25) is 0 Å². The SMILES string of the molecule is CN[C@H](C(=O)N[C@H](C(=O)N(C)[C@H](/C=C(\C)C(=O)NS(=O)(=O)c1ccc2ccccc2c1)C(C)C)C(C)(C)C)C(C)(C)c1ccccc1. The minimum absolute atomic E-state index is 0.0240. The van der Waals surface area contributed by atoms with Crippen LogP contribution in [0, 0.1) is 11.3 Å². The molecule has 3 amide bonds. The first-order valence-electron chi connectivity index (χ1n) is 15.9. The van der Waals surface area contributed by atoms with Gasteiger partial charge in [0.1, 0.15) is 6.04 Å². The molecule has 0 saturated heterocycles. The zero-order valence-corrected chi connectivity index (χ0v) is 30.0. The highest BCUT2D eigenvalue weighted by atomic mass is 32.2. The molecule has 254 valence electrons. The van der Waals surface area contributed by atoms with Gasteiger partial charge >= 0.3 is 0 Å². The highest BCUT2D eigenvalue weighted by Gasteiger charge is 2.41. The van der Waals surface area contributed by atoms with Crippen molar-refractivity contribution in [2.45, 2.75) is 83.8 Å². The van der Waals surface area contributed by atoms with Gasteiger partial charge in [-0.2, -0.15) is 0 Å². The summed E-state index contributed by atoms with van der Waals surface area (Å²) in [6.45, 7) is 15.0. The Labute approximate surface area is 280 Å². The summed E-state index contributed by atoms with van der Waals surface area (Å²) in [6, 6.07) is 19.7. The van der Waals surface area contributed by atoms with Crippen LogP contribution in [-0.2, 0) is 29.8 Å². The van der Waals surface area contributed by atoms with Crippen LogP contribution in [0.3, 0.4) is 0 Å². The zero-order valence-electron chi connectivity index (χ0n) is 29.2. The van der Waals surface area contributed by atoms with Gasteiger partial charge in [-0.25, -0.2) is 13.1 Å². The fraction of sp³-hybridized carbons (Fsp3) is 0.432. The number of fused-ring (bicyclic) bond motifs is 1. The second-order valence-electron chi connectivity index (χ2n) is 14.1. The Balaban J connectivity index is 1.84. The molecular formula is C37H50N4O5S. The lowest BCUT2D eigenvalue weighted by atomic mass is 9.76. The number of nitrogens with one attached hydrogen (secondary N) is 3. The molecule has 0 heterocycles. The average molecular weight is 663 g/mol. The molecular weight excluding hydrogens is 612 g/mol. The van der Waals surface area contributed by atoms with Gasteiger partial charge in [-0.15, -0.1) is 0 Å². The predicted octanol–water partition coefficient (Wildman–Crippen LogP) is 5.17. The third-order valence-electron chi connectivity index (χ3n) is 8.71. The van der Waals surface area contributed by atoms with Gasteiger partial charge in [0.05, 0.1) is 17.0 Å². The van der Waals surface area contributed by atoms with E-state index in [4.69, 9.17) is 0 Å². The number of sulfonamides is 1. The molecule has 3 rings (SSSR count). The van der Waals surface area contributed by atoms with E-state index in [9.17, 15) is 22.8 Å². The van der Waals surface area contributed by atoms with Crippen molar-refractivity contribution in [3.63, 3.8) is 0 Å². The fourth-order valence-corrected chi connectivity index (χ4v) is 6.81. The second-order valence-corrected chi connectivity index (χ2v) is 15.8. The van der Waals surface area contributed by atoms with Crippen molar-refractivity contribution < 1.29 is 22.8 Å². The van der Waals surface area contributed by atoms with Gasteiger partial charge in [0.2, 0.25) is 11.8 Å². The van der Waals surface area contributed by atoms with Crippen LogP contribution in [0.25, 0.3) is 10.8 Å². The molecule has 0 aliphatic heterocycles. The number of nitrogens with zero attached hydrogens (tertiary/aromatic N) is 1. The van der Waals surface area contributed by atoms with E-state index >= 15 is 0 Å². The van der Waals surface area contributed by atoms with E-state index in [1.807, 2.05) is 97.0 Å². The number of likely N-dealkylation sites (N-methyl/N-ethyl adjacent to an activating group) is 2. The lowest BCUT2D eigenvalue weighted by Gasteiger charge is -2.40. The molecule has 47 heavy (non-hydrogen) atoms. The summed E-state index contributed by atoms with van der Waals surface area (Å²) < 4.78 is 28.4. The third kappa shape index (κ3) is 8.87. The molecule has 9 nitrogen and oxygen atoms in total. The molecule has 3 N–H and O–H groups in total. The van der Waals surface area contributed by atoms with E-state index in [0.29, 0.717) is 0 Å². The largest absolute Gasteiger partial charge is 0.342 e. The van der Waals surface area contributed by atoms with Crippen molar-refractivity contribution in [1.82, 2.24) is 20.3 Å². The van der Waals surface area contributed by atoms with Crippen LogP contribution >= 0.6 is 0 Å². The van der Waals surface area contributed by atoms with Crippen molar-refractivity contribution >= 4 is 38.5 Å². The standard InChI is InChI=1S/C37H50N4O5S/c1-24(2)30(22-25(3)33(42)40-47(45,46)29-21-20-26-16-14-15-17-27(26)23-29)41(10)35(44)32(36(4,5)6)39-34(43)31(38-9)37(7,8)28-18-12-11-13-19-28/h11-24,30-32,38H,1-10H3,(H,39,43)(H,40,42)/b25-22+/t30-,31-,32-/m1/s1. The van der Waals surface area contributed by atoms with Crippen LogP contribution in [0.1, 0.15) is 61.0 Å². The molecule has 3 aromatic carbocycles. The van der Waals surface area contributed by atoms with Crippen LogP contribution in [0.5, 0.6) is 0 Å². The molecule has 0 unspecified atom stereocenters. The summed E-state index contributed by atoms with van der Waals surface area (Å²) in [4.78, 5) is 42.6. The molecule has 0 bridgehead atoms. The Morgan fingerprint density at radius 2 is 1.40 bits per heavy atom. The Morgan fingerprint density at radius 3 is 1.96 bits per heavy atom. The van der Waals surface area contributed by atoms with Crippen molar-refractivity contribution in [2.75, 3.05) is 14.1 Å². The number of benzene rings is 3. The normalized spacial score (nSPS) is 14.7. The predicted molar refractivity (Wildman–Crippen MR) is 188 cm³/mol. The molecule has 0 aliphatic rings. The lowest BCUT2D eigenvalue weighted by molar-refractivity contribution is -0.140. The smallest absolute Gasteiger partial charge is 0.264 e. The molecule has 0 radical (unpaired) electrons. The summed E-state index contributed by atoms with van der Waals surface area (Å²) >= 11 is 0. The van der Waals surface area contributed by atoms with E-state index in [1.54, 1.807) is 32.3 Å². The van der Waals surface area contributed by atoms with Crippen LogP contribution in [0.4, 0.5) is 0 Å². The van der Waals surface area contributed by atoms with Crippen molar-refractivity contribution in [1.29, 1.82) is 0 Å². The summed E-state index contributed by atoms with van der Waals surface area (Å²) in [6.07, 6.45) is 1.60. The van der Waals surface area contributed by atoms with E-state index in [2.05, 4.69) is 15.4 Å².